The maximum atomic E-state index is 11.8. The molecule has 0 saturated heterocycles. The van der Waals surface area contributed by atoms with Gasteiger partial charge < -0.3 is 10.1 Å². The Labute approximate surface area is 112 Å². The lowest BCUT2D eigenvalue weighted by Gasteiger charge is -2.06. The first-order valence-corrected chi connectivity index (χ1v) is 6.11. The molecule has 1 aromatic carbocycles. The molecule has 0 saturated carbocycles. The molecule has 0 aliphatic carbocycles. The second-order valence-corrected chi connectivity index (χ2v) is 4.15. The number of carbonyl (C=O) groups is 1. The normalized spacial score (nSPS) is 9.95. The second kappa shape index (κ2) is 6.54. The highest BCUT2D eigenvalue weighted by molar-refractivity contribution is 5.90. The van der Waals surface area contributed by atoms with Crippen molar-refractivity contribution in [3.63, 3.8) is 0 Å². The van der Waals surface area contributed by atoms with Crippen LogP contribution >= 0.6 is 0 Å². The van der Waals surface area contributed by atoms with Gasteiger partial charge in [-0.15, -0.1) is 0 Å². The molecule has 4 nitrogen and oxygen atoms in total. The van der Waals surface area contributed by atoms with Gasteiger partial charge in [0.2, 0.25) is 5.91 Å². The Balaban J connectivity index is 1.87. The minimum absolute atomic E-state index is 0.0288. The van der Waals surface area contributed by atoms with E-state index < -0.39 is 0 Å². The average molecular weight is 256 g/mol. The van der Waals surface area contributed by atoms with Gasteiger partial charge in [0.05, 0.1) is 25.2 Å². The van der Waals surface area contributed by atoms with Crippen molar-refractivity contribution in [2.45, 2.75) is 12.8 Å². The van der Waals surface area contributed by atoms with Crippen molar-refractivity contribution in [3.05, 3.63) is 54.4 Å². The highest BCUT2D eigenvalue weighted by atomic mass is 16.5. The summed E-state index contributed by atoms with van der Waals surface area (Å²) in [6, 6.07) is 11.7. The number of methoxy groups -OCH3 is 1. The van der Waals surface area contributed by atoms with E-state index in [1.165, 1.54) is 0 Å². The van der Waals surface area contributed by atoms with Crippen LogP contribution in [0, 0.1) is 0 Å². The van der Waals surface area contributed by atoms with Crippen LogP contribution in [-0.2, 0) is 11.2 Å². The molecule has 98 valence electrons. The van der Waals surface area contributed by atoms with Crippen LogP contribution in [0.15, 0.2) is 48.8 Å². The molecule has 1 amide bonds. The maximum Gasteiger partial charge on any atom is 0.224 e. The number of aromatic nitrogens is 1. The molecule has 4 heteroatoms. The predicted octanol–water partition coefficient (Wildman–Crippen LogP) is 2.66. The first-order valence-electron chi connectivity index (χ1n) is 6.11. The zero-order valence-corrected chi connectivity index (χ0v) is 10.8. The third-order valence-corrected chi connectivity index (χ3v) is 2.72. The molecule has 0 atom stereocenters. The lowest BCUT2D eigenvalue weighted by atomic mass is 10.1. The zero-order valence-electron chi connectivity index (χ0n) is 10.8. The summed E-state index contributed by atoms with van der Waals surface area (Å²) in [4.78, 5) is 15.8. The second-order valence-electron chi connectivity index (χ2n) is 4.15. The molecule has 0 unspecified atom stereocenters. The number of ether oxygens (including phenoxy) is 1. The van der Waals surface area contributed by atoms with E-state index in [0.29, 0.717) is 17.9 Å². The van der Waals surface area contributed by atoms with Crippen LogP contribution < -0.4 is 10.1 Å². The van der Waals surface area contributed by atoms with Gasteiger partial charge in [0.1, 0.15) is 5.75 Å². The van der Waals surface area contributed by atoms with Crippen LogP contribution in [0.1, 0.15) is 12.0 Å². The summed E-state index contributed by atoms with van der Waals surface area (Å²) < 4.78 is 5.05. The van der Waals surface area contributed by atoms with E-state index in [4.69, 9.17) is 4.74 Å². The van der Waals surface area contributed by atoms with Crippen molar-refractivity contribution in [1.29, 1.82) is 0 Å². The number of pyridine rings is 1. The summed E-state index contributed by atoms with van der Waals surface area (Å²) in [6.45, 7) is 0. The van der Waals surface area contributed by atoms with Crippen LogP contribution in [0.2, 0.25) is 0 Å². The molecular weight excluding hydrogens is 240 g/mol. The molecule has 19 heavy (non-hydrogen) atoms. The predicted molar refractivity (Wildman–Crippen MR) is 74.2 cm³/mol. The van der Waals surface area contributed by atoms with Gasteiger partial charge in [-0.1, -0.05) is 30.3 Å². The largest absolute Gasteiger partial charge is 0.495 e. The molecule has 0 aliphatic rings. The molecular formula is C15H16N2O2. The van der Waals surface area contributed by atoms with Crippen molar-refractivity contribution < 1.29 is 9.53 Å². The fourth-order valence-corrected chi connectivity index (χ4v) is 1.72. The third-order valence-electron chi connectivity index (χ3n) is 2.72. The van der Waals surface area contributed by atoms with Crippen LogP contribution in [-0.4, -0.2) is 18.0 Å². The van der Waals surface area contributed by atoms with Gasteiger partial charge in [0.25, 0.3) is 0 Å². The van der Waals surface area contributed by atoms with E-state index in [-0.39, 0.29) is 5.91 Å². The molecule has 2 aromatic rings. The van der Waals surface area contributed by atoms with Crippen LogP contribution in [0.25, 0.3) is 0 Å². The summed E-state index contributed by atoms with van der Waals surface area (Å²) in [5.74, 6) is 0.597. The number of hydrogen-bond acceptors (Lipinski definition) is 3. The fraction of sp³-hybridized carbons (Fsp3) is 0.200. The van der Waals surface area contributed by atoms with Gasteiger partial charge in [0, 0.05) is 12.5 Å². The van der Waals surface area contributed by atoms with Gasteiger partial charge >= 0.3 is 0 Å². The first-order chi connectivity index (χ1) is 9.28. The molecule has 0 bridgehead atoms. The van der Waals surface area contributed by atoms with E-state index in [1.807, 2.05) is 30.3 Å². The Hall–Kier alpha value is -2.36. The molecule has 0 spiro atoms. The first kappa shape index (κ1) is 13.1. The summed E-state index contributed by atoms with van der Waals surface area (Å²) in [5, 5.41) is 2.81. The standard InChI is InChI=1S/C15H16N2O2/c1-19-14-9-13(10-16-11-14)17-15(18)8-7-12-5-3-2-4-6-12/h2-6,9-11H,7-8H2,1H3,(H,17,18). The van der Waals surface area contributed by atoms with Gasteiger partial charge in [-0.25, -0.2) is 0 Å². The minimum Gasteiger partial charge on any atom is -0.495 e. The molecule has 1 aromatic heterocycles. The van der Waals surface area contributed by atoms with Crippen molar-refractivity contribution in [2.24, 2.45) is 0 Å². The van der Waals surface area contributed by atoms with Gasteiger partial charge in [0.15, 0.2) is 0 Å². The van der Waals surface area contributed by atoms with E-state index in [9.17, 15) is 4.79 Å². The summed E-state index contributed by atoms with van der Waals surface area (Å²) in [5.41, 5.74) is 1.80. The Morgan fingerprint density at radius 2 is 2.05 bits per heavy atom. The van der Waals surface area contributed by atoms with Crippen molar-refractivity contribution in [1.82, 2.24) is 4.98 Å². The highest BCUT2D eigenvalue weighted by Crippen LogP contribution is 2.15. The summed E-state index contributed by atoms with van der Waals surface area (Å²) >= 11 is 0. The number of benzene rings is 1. The van der Waals surface area contributed by atoms with E-state index in [0.717, 1.165) is 12.0 Å². The average Bonchev–Trinajstić information content (AvgIpc) is 2.46. The Morgan fingerprint density at radius 3 is 2.79 bits per heavy atom. The van der Waals surface area contributed by atoms with Crippen molar-refractivity contribution >= 4 is 11.6 Å². The number of rotatable bonds is 5. The number of aryl methyl sites for hydroxylation is 1. The molecule has 0 fully saturated rings. The highest BCUT2D eigenvalue weighted by Gasteiger charge is 2.04. The molecule has 2 rings (SSSR count). The molecule has 0 radical (unpaired) electrons. The molecule has 0 aliphatic heterocycles. The van der Waals surface area contributed by atoms with E-state index in [1.54, 1.807) is 25.6 Å². The van der Waals surface area contributed by atoms with Crippen molar-refractivity contribution in [2.75, 3.05) is 12.4 Å². The number of nitrogens with zero attached hydrogens (tertiary/aromatic N) is 1. The lowest BCUT2D eigenvalue weighted by molar-refractivity contribution is -0.116. The molecule has 1 N–H and O–H groups in total. The topological polar surface area (TPSA) is 51.2 Å². The van der Waals surface area contributed by atoms with Crippen LogP contribution in [0.3, 0.4) is 0 Å². The van der Waals surface area contributed by atoms with Gasteiger partial charge in [-0.2, -0.15) is 0 Å². The molecule has 1 heterocycles. The Morgan fingerprint density at radius 1 is 1.26 bits per heavy atom. The zero-order chi connectivity index (χ0) is 13.5. The quantitative estimate of drug-likeness (QED) is 0.894. The smallest absolute Gasteiger partial charge is 0.224 e. The van der Waals surface area contributed by atoms with Gasteiger partial charge in [-0.05, 0) is 12.0 Å². The number of nitrogens with one attached hydrogen (secondary N) is 1. The number of carbonyl (C=O) groups excluding carboxylic acids is 1. The fourth-order valence-electron chi connectivity index (χ4n) is 1.72. The van der Waals surface area contributed by atoms with E-state index >= 15 is 0 Å². The van der Waals surface area contributed by atoms with Gasteiger partial charge in [-0.3, -0.25) is 9.78 Å². The monoisotopic (exact) mass is 256 g/mol. The summed E-state index contributed by atoms with van der Waals surface area (Å²) in [6.07, 6.45) is 4.37. The number of amides is 1. The van der Waals surface area contributed by atoms with E-state index in [2.05, 4.69) is 10.3 Å². The van der Waals surface area contributed by atoms with Crippen molar-refractivity contribution in [3.8, 4) is 5.75 Å². The minimum atomic E-state index is -0.0288. The number of anilines is 1. The SMILES string of the molecule is COc1cncc(NC(=O)CCc2ccccc2)c1. The van der Waals surface area contributed by atoms with Crippen LogP contribution in [0.5, 0.6) is 5.75 Å². The van der Waals surface area contributed by atoms with Crippen LogP contribution in [0.4, 0.5) is 5.69 Å². The third kappa shape index (κ3) is 4.10. The summed E-state index contributed by atoms with van der Waals surface area (Å²) in [7, 11) is 1.57. The number of hydrogen-bond donors (Lipinski definition) is 1. The Bertz CT molecular complexity index is 541. The maximum absolute atomic E-state index is 11.8. The lowest BCUT2D eigenvalue weighted by Crippen LogP contribution is -2.12. The Kier molecular flexibility index (Phi) is 4.50.